The van der Waals surface area contributed by atoms with E-state index in [0.717, 1.165) is 5.39 Å². The molecule has 0 unspecified atom stereocenters. The third-order valence-corrected chi connectivity index (χ3v) is 5.18. The second-order valence-electron chi connectivity index (χ2n) is 7.26. The summed E-state index contributed by atoms with van der Waals surface area (Å²) in [4.78, 5) is 28.4. The van der Waals surface area contributed by atoms with Gasteiger partial charge in [-0.05, 0) is 35.9 Å². The van der Waals surface area contributed by atoms with Crippen molar-refractivity contribution in [2.45, 2.75) is 6.61 Å². The zero-order chi connectivity index (χ0) is 23.5. The molecule has 0 saturated heterocycles. The average Bonchev–Trinajstić information content (AvgIpc) is 2.82. The van der Waals surface area contributed by atoms with Crippen LogP contribution in [0.2, 0.25) is 0 Å². The van der Waals surface area contributed by atoms with E-state index in [2.05, 4.69) is 16.0 Å². The number of amides is 2. The first kappa shape index (κ1) is 21.8. The van der Waals surface area contributed by atoms with E-state index in [1.807, 2.05) is 18.2 Å². The smallest absolute Gasteiger partial charge is 0.409 e. The Morgan fingerprint density at radius 3 is 2.36 bits per heavy atom. The number of methoxy groups -OCH3 is 1. The summed E-state index contributed by atoms with van der Waals surface area (Å²) >= 11 is 0. The van der Waals surface area contributed by atoms with Gasteiger partial charge in [-0.2, -0.15) is 0 Å². The number of rotatable bonds is 6. The van der Waals surface area contributed by atoms with Gasteiger partial charge in [0, 0.05) is 29.2 Å². The van der Waals surface area contributed by atoms with Gasteiger partial charge in [0.15, 0.2) is 0 Å². The van der Waals surface area contributed by atoms with E-state index in [4.69, 9.17) is 14.8 Å². The Balaban J connectivity index is 2.00. The van der Waals surface area contributed by atoms with E-state index in [1.54, 1.807) is 50.6 Å². The summed E-state index contributed by atoms with van der Waals surface area (Å²) < 4.78 is 5.51. The highest BCUT2D eigenvalue weighted by atomic mass is 16.5. The Kier molecular flexibility index (Phi) is 5.97. The molecular formula is C24H22N4O5. The summed E-state index contributed by atoms with van der Waals surface area (Å²) in [6, 6.07) is 15.7. The van der Waals surface area contributed by atoms with Crippen molar-refractivity contribution in [3.05, 3.63) is 65.7 Å². The van der Waals surface area contributed by atoms with Crippen LogP contribution in [0.3, 0.4) is 0 Å². The van der Waals surface area contributed by atoms with Gasteiger partial charge in [0.25, 0.3) is 5.91 Å². The number of carboxylic acid groups (broad SMARTS) is 1. The van der Waals surface area contributed by atoms with E-state index in [1.165, 1.54) is 0 Å². The number of aromatic nitrogens is 1. The van der Waals surface area contributed by atoms with Gasteiger partial charge in [-0.1, -0.05) is 24.3 Å². The van der Waals surface area contributed by atoms with Gasteiger partial charge in [0.05, 0.1) is 30.5 Å². The van der Waals surface area contributed by atoms with Crippen LogP contribution in [0, 0.1) is 0 Å². The average molecular weight is 446 g/mol. The van der Waals surface area contributed by atoms with Gasteiger partial charge in [-0.25, -0.2) is 9.78 Å². The lowest BCUT2D eigenvalue weighted by Gasteiger charge is -2.17. The van der Waals surface area contributed by atoms with Crippen molar-refractivity contribution in [2.24, 2.45) is 0 Å². The van der Waals surface area contributed by atoms with Crippen LogP contribution in [0.5, 0.6) is 5.75 Å². The van der Waals surface area contributed by atoms with Gasteiger partial charge < -0.3 is 25.6 Å². The number of para-hydroxylation sites is 2. The maximum Gasteiger partial charge on any atom is 0.409 e. The van der Waals surface area contributed by atoms with Gasteiger partial charge in [-0.3, -0.25) is 10.1 Å². The molecule has 4 aromatic rings. The van der Waals surface area contributed by atoms with E-state index in [9.17, 15) is 14.7 Å². The Bertz CT molecular complexity index is 1390. The zero-order valence-electron chi connectivity index (χ0n) is 18.0. The molecular weight excluding hydrogens is 424 g/mol. The molecule has 9 heteroatoms. The SMILES string of the molecule is CNC(=O)c1cccc2c(Nc3cc(CO)cc(NC(=O)O)c3)c3cccc(OC)c3nc12. The highest BCUT2D eigenvalue weighted by Gasteiger charge is 2.18. The molecule has 9 nitrogen and oxygen atoms in total. The van der Waals surface area contributed by atoms with Crippen molar-refractivity contribution in [2.75, 3.05) is 24.8 Å². The molecule has 1 heterocycles. The summed E-state index contributed by atoms with van der Waals surface area (Å²) in [5, 5.41) is 28.5. The minimum Gasteiger partial charge on any atom is -0.494 e. The molecule has 0 aliphatic carbocycles. The predicted molar refractivity (Wildman–Crippen MR) is 126 cm³/mol. The molecule has 0 aliphatic rings. The number of aliphatic hydroxyl groups excluding tert-OH is 1. The lowest BCUT2D eigenvalue weighted by atomic mass is 10.0. The van der Waals surface area contributed by atoms with Crippen LogP contribution in [0.15, 0.2) is 54.6 Å². The Labute approximate surface area is 189 Å². The molecule has 168 valence electrons. The monoisotopic (exact) mass is 446 g/mol. The summed E-state index contributed by atoms with van der Waals surface area (Å²) in [5.74, 6) is 0.269. The fraction of sp³-hybridized carbons (Fsp3) is 0.125. The van der Waals surface area contributed by atoms with E-state index < -0.39 is 6.09 Å². The molecule has 0 saturated carbocycles. The molecule has 0 spiro atoms. The quantitative estimate of drug-likeness (QED) is 0.282. The number of aliphatic hydroxyl groups is 1. The fourth-order valence-corrected chi connectivity index (χ4v) is 3.77. The van der Waals surface area contributed by atoms with Gasteiger partial charge in [0.1, 0.15) is 11.3 Å². The summed E-state index contributed by atoms with van der Waals surface area (Å²) in [6.45, 7) is -0.268. The molecule has 0 fully saturated rings. The molecule has 5 N–H and O–H groups in total. The minimum atomic E-state index is -1.21. The number of ether oxygens (including phenoxy) is 1. The highest BCUT2D eigenvalue weighted by Crippen LogP contribution is 2.38. The number of pyridine rings is 1. The lowest BCUT2D eigenvalue weighted by molar-refractivity contribution is 0.0964. The van der Waals surface area contributed by atoms with E-state index in [-0.39, 0.29) is 12.5 Å². The standard InChI is InChI=1S/C24H22N4O5/c1-25-23(30)18-7-3-5-16-20(17-6-4-8-19(33-2)22(17)28-21(16)18)26-14-9-13(12-29)10-15(11-14)27-24(31)32/h3-11,27,29H,12H2,1-2H3,(H,25,30)(H,26,28)(H,31,32). The van der Waals surface area contributed by atoms with Crippen LogP contribution in [0.1, 0.15) is 15.9 Å². The Morgan fingerprint density at radius 1 is 1.00 bits per heavy atom. The molecule has 0 radical (unpaired) electrons. The number of anilines is 3. The maximum atomic E-state index is 12.5. The molecule has 4 rings (SSSR count). The number of benzene rings is 3. The predicted octanol–water partition coefficient (Wildman–Crippen LogP) is 4.08. The molecule has 1 aromatic heterocycles. The first-order valence-corrected chi connectivity index (χ1v) is 10.1. The number of carbonyl (C=O) groups is 2. The summed E-state index contributed by atoms with van der Waals surface area (Å²) in [7, 11) is 3.10. The topological polar surface area (TPSA) is 133 Å². The molecule has 0 aliphatic heterocycles. The van der Waals surface area contributed by atoms with Crippen LogP contribution in [-0.2, 0) is 6.61 Å². The van der Waals surface area contributed by atoms with Crippen LogP contribution >= 0.6 is 0 Å². The number of hydrogen-bond donors (Lipinski definition) is 5. The Hall–Kier alpha value is -4.37. The van der Waals surface area contributed by atoms with Crippen molar-refractivity contribution in [1.29, 1.82) is 0 Å². The number of fused-ring (bicyclic) bond motifs is 2. The van der Waals surface area contributed by atoms with Crippen LogP contribution in [0.4, 0.5) is 21.9 Å². The van der Waals surface area contributed by atoms with Crippen molar-refractivity contribution >= 4 is 50.9 Å². The summed E-state index contributed by atoms with van der Waals surface area (Å²) in [5.41, 5.74) is 3.50. The van der Waals surface area contributed by atoms with Gasteiger partial charge in [0.2, 0.25) is 0 Å². The summed E-state index contributed by atoms with van der Waals surface area (Å²) in [6.07, 6.45) is -1.21. The van der Waals surface area contributed by atoms with Gasteiger partial charge in [-0.15, -0.1) is 0 Å². The second kappa shape index (κ2) is 9.01. The number of nitrogens with one attached hydrogen (secondary N) is 3. The molecule has 3 aromatic carbocycles. The van der Waals surface area contributed by atoms with Crippen LogP contribution < -0.4 is 20.7 Å². The first-order chi connectivity index (χ1) is 15.9. The lowest BCUT2D eigenvalue weighted by Crippen LogP contribution is -2.18. The minimum absolute atomic E-state index is 0.268. The normalized spacial score (nSPS) is 10.8. The van der Waals surface area contributed by atoms with Crippen molar-refractivity contribution < 1.29 is 24.5 Å². The largest absolute Gasteiger partial charge is 0.494 e. The molecule has 2 amide bonds. The Morgan fingerprint density at radius 2 is 1.70 bits per heavy atom. The van der Waals surface area contributed by atoms with Crippen LogP contribution in [0.25, 0.3) is 21.8 Å². The highest BCUT2D eigenvalue weighted by molar-refractivity contribution is 6.15. The first-order valence-electron chi connectivity index (χ1n) is 10.1. The van der Waals surface area contributed by atoms with Crippen molar-refractivity contribution in [1.82, 2.24) is 10.3 Å². The third-order valence-electron chi connectivity index (χ3n) is 5.18. The molecule has 0 bridgehead atoms. The number of nitrogens with zero attached hydrogens (tertiary/aromatic N) is 1. The van der Waals surface area contributed by atoms with Crippen molar-refractivity contribution in [3.8, 4) is 5.75 Å². The van der Waals surface area contributed by atoms with Crippen LogP contribution in [-0.4, -0.2) is 41.4 Å². The zero-order valence-corrected chi connectivity index (χ0v) is 18.0. The van der Waals surface area contributed by atoms with Gasteiger partial charge >= 0.3 is 6.09 Å². The van der Waals surface area contributed by atoms with E-state index in [0.29, 0.717) is 50.4 Å². The fourth-order valence-electron chi connectivity index (χ4n) is 3.77. The number of hydrogen-bond acceptors (Lipinski definition) is 6. The second-order valence-corrected chi connectivity index (χ2v) is 7.26. The van der Waals surface area contributed by atoms with Crippen molar-refractivity contribution in [3.63, 3.8) is 0 Å². The van der Waals surface area contributed by atoms with E-state index >= 15 is 0 Å². The molecule has 33 heavy (non-hydrogen) atoms. The number of carbonyl (C=O) groups excluding carboxylic acids is 1. The maximum absolute atomic E-state index is 12.5. The third kappa shape index (κ3) is 4.21. The molecule has 0 atom stereocenters.